The number of carbonyl (C=O) groups excluding carboxylic acids is 1. The predicted molar refractivity (Wildman–Crippen MR) is 139 cm³/mol. The number of aromatic nitrogens is 1. The fourth-order valence-electron chi connectivity index (χ4n) is 3.18. The van der Waals surface area contributed by atoms with Gasteiger partial charge >= 0.3 is 12.5 Å². The SMILES string of the molecule is C=C(\C(F)=C/C=C(C)/C=C(\F)c1ccc(OC(F)(F)F)cn1)[C@]1(C)CS(=O)(=O)N(C)C(NC(=O)OC(C)(C)C)=N1. The van der Waals surface area contributed by atoms with E-state index in [0.29, 0.717) is 6.20 Å². The van der Waals surface area contributed by atoms with E-state index in [0.717, 1.165) is 34.7 Å². The fourth-order valence-corrected chi connectivity index (χ4v) is 4.67. The zero-order chi connectivity index (χ0) is 30.7. The Bertz CT molecular complexity index is 1380. The second-order valence-corrected chi connectivity index (χ2v) is 11.9. The Kier molecular flexibility index (Phi) is 9.56. The van der Waals surface area contributed by atoms with Crippen LogP contribution in [0.2, 0.25) is 0 Å². The first kappa shape index (κ1) is 32.5. The van der Waals surface area contributed by atoms with E-state index in [-0.39, 0.29) is 16.8 Å². The van der Waals surface area contributed by atoms with Crippen LogP contribution in [0.5, 0.6) is 5.75 Å². The zero-order valence-corrected chi connectivity index (χ0v) is 23.4. The van der Waals surface area contributed by atoms with Gasteiger partial charge in [0.25, 0.3) is 0 Å². The summed E-state index contributed by atoms with van der Waals surface area (Å²) in [6, 6.07) is 1.86. The lowest BCUT2D eigenvalue weighted by atomic mass is 9.94. The molecule has 2 rings (SSSR count). The number of hydrogen-bond donors (Lipinski definition) is 1. The third-order valence-corrected chi connectivity index (χ3v) is 7.08. The van der Waals surface area contributed by atoms with E-state index >= 15 is 4.39 Å². The van der Waals surface area contributed by atoms with Gasteiger partial charge in [-0.2, -0.15) is 0 Å². The van der Waals surface area contributed by atoms with E-state index in [4.69, 9.17) is 4.74 Å². The molecule has 1 amide bonds. The number of pyridine rings is 1. The van der Waals surface area contributed by atoms with Gasteiger partial charge in [0, 0.05) is 12.6 Å². The van der Waals surface area contributed by atoms with E-state index in [1.165, 1.54) is 20.9 Å². The van der Waals surface area contributed by atoms with Crippen LogP contribution in [0.1, 0.15) is 40.3 Å². The monoisotopic (exact) mass is 592 g/mol. The average Bonchev–Trinajstić information content (AvgIpc) is 2.78. The molecule has 1 aromatic rings. The minimum atomic E-state index is -4.92. The summed E-state index contributed by atoms with van der Waals surface area (Å²) >= 11 is 0. The quantitative estimate of drug-likeness (QED) is 0.342. The Balaban J connectivity index is 2.26. The molecule has 0 fully saturated rings. The first-order valence-electron chi connectivity index (χ1n) is 11.5. The molecule has 1 aromatic heterocycles. The summed E-state index contributed by atoms with van der Waals surface area (Å²) in [5.41, 5.74) is -3.04. The van der Waals surface area contributed by atoms with E-state index in [1.807, 2.05) is 0 Å². The van der Waals surface area contributed by atoms with Crippen LogP contribution in [-0.4, -0.2) is 60.1 Å². The maximum absolute atomic E-state index is 15.1. The molecular formula is C25H29F5N4O5S. The summed E-state index contributed by atoms with van der Waals surface area (Å²) in [4.78, 5) is 20.0. The van der Waals surface area contributed by atoms with Gasteiger partial charge in [0.1, 0.15) is 28.5 Å². The standard InChI is InChI=1S/C25H29F5N4O5S/c1-15(12-19(27)20-11-9-17(13-31-20)38-25(28,29)30)8-10-18(26)16(2)24(6)14-40(36,37)34(7)21(33-24)32-22(35)39-23(3,4)5/h8-13H,2,14H2,1,3-7H3,(H,32,33,35)/b15-8+,18-10+,19-12-/t24-/m0/s1. The highest BCUT2D eigenvalue weighted by atomic mass is 32.2. The van der Waals surface area contributed by atoms with Gasteiger partial charge in [0.15, 0.2) is 0 Å². The maximum atomic E-state index is 15.1. The van der Waals surface area contributed by atoms with Crippen molar-refractivity contribution in [1.82, 2.24) is 14.6 Å². The Labute approximate surface area is 228 Å². The molecular weight excluding hydrogens is 563 g/mol. The highest BCUT2D eigenvalue weighted by molar-refractivity contribution is 7.89. The van der Waals surface area contributed by atoms with Crippen molar-refractivity contribution in [2.24, 2.45) is 4.99 Å². The van der Waals surface area contributed by atoms with Gasteiger partial charge in [0.2, 0.25) is 16.0 Å². The molecule has 1 atom stereocenters. The van der Waals surface area contributed by atoms with Crippen molar-refractivity contribution in [2.75, 3.05) is 12.8 Å². The van der Waals surface area contributed by atoms with Crippen molar-refractivity contribution in [2.45, 2.75) is 52.1 Å². The van der Waals surface area contributed by atoms with Gasteiger partial charge in [-0.05, 0) is 64.5 Å². The Morgan fingerprint density at radius 1 is 1.20 bits per heavy atom. The first-order chi connectivity index (χ1) is 18.1. The van der Waals surface area contributed by atoms with Gasteiger partial charge in [-0.15, -0.1) is 13.2 Å². The van der Waals surface area contributed by atoms with Gasteiger partial charge in [-0.3, -0.25) is 5.32 Å². The molecule has 1 N–H and O–H groups in total. The lowest BCUT2D eigenvalue weighted by Gasteiger charge is -2.36. The number of allylic oxidation sites excluding steroid dienone is 4. The van der Waals surface area contributed by atoms with Crippen molar-refractivity contribution in [3.63, 3.8) is 0 Å². The minimum absolute atomic E-state index is 0.176. The third kappa shape index (κ3) is 9.17. The number of alkyl halides is 3. The number of halogens is 5. The number of hydrogen-bond acceptors (Lipinski definition) is 7. The summed E-state index contributed by atoms with van der Waals surface area (Å²) in [7, 11) is -2.89. The number of ether oxygens (including phenoxy) is 2. The van der Waals surface area contributed by atoms with Crippen LogP contribution in [0, 0.1) is 0 Å². The molecule has 0 spiro atoms. The zero-order valence-electron chi connectivity index (χ0n) is 22.6. The lowest BCUT2D eigenvalue weighted by Crippen LogP contribution is -2.55. The summed E-state index contributed by atoms with van der Waals surface area (Å²) < 4.78 is 101. The Hall–Kier alpha value is -3.75. The average molecular weight is 593 g/mol. The molecule has 1 aliphatic heterocycles. The van der Waals surface area contributed by atoms with Crippen LogP contribution in [0.25, 0.3) is 5.83 Å². The molecule has 15 heteroatoms. The molecule has 40 heavy (non-hydrogen) atoms. The Morgan fingerprint density at radius 2 is 1.82 bits per heavy atom. The number of guanidine groups is 1. The van der Waals surface area contributed by atoms with E-state index < -0.39 is 62.7 Å². The van der Waals surface area contributed by atoms with Crippen LogP contribution >= 0.6 is 0 Å². The number of nitrogens with one attached hydrogen (secondary N) is 1. The van der Waals surface area contributed by atoms with Crippen LogP contribution in [-0.2, 0) is 14.8 Å². The molecule has 9 nitrogen and oxygen atoms in total. The lowest BCUT2D eigenvalue weighted by molar-refractivity contribution is -0.274. The van der Waals surface area contributed by atoms with Crippen LogP contribution < -0.4 is 10.1 Å². The molecule has 220 valence electrons. The molecule has 1 aliphatic rings. The largest absolute Gasteiger partial charge is 0.573 e. The summed E-state index contributed by atoms with van der Waals surface area (Å²) in [5.74, 6) is -3.57. The highest BCUT2D eigenvalue weighted by Crippen LogP contribution is 2.33. The van der Waals surface area contributed by atoms with Gasteiger partial charge in [-0.25, -0.2) is 36.3 Å². The number of alkyl carbamates (subject to hydrolysis) is 1. The smallest absolute Gasteiger partial charge is 0.444 e. The number of carbonyl (C=O) groups is 1. The van der Waals surface area contributed by atoms with Crippen molar-refractivity contribution >= 4 is 27.9 Å². The minimum Gasteiger partial charge on any atom is -0.444 e. The first-order valence-corrected chi connectivity index (χ1v) is 13.1. The molecule has 0 saturated carbocycles. The number of sulfonamides is 1. The third-order valence-electron chi connectivity index (χ3n) is 5.14. The number of nitrogens with zero attached hydrogens (tertiary/aromatic N) is 3. The summed E-state index contributed by atoms with van der Waals surface area (Å²) in [6.45, 7) is 11.2. The molecule has 0 bridgehead atoms. The molecule has 0 unspecified atom stereocenters. The van der Waals surface area contributed by atoms with Gasteiger partial charge in [-0.1, -0.05) is 12.7 Å². The van der Waals surface area contributed by atoms with Crippen molar-refractivity contribution in [1.29, 1.82) is 0 Å². The predicted octanol–water partition coefficient (Wildman–Crippen LogP) is 5.56. The van der Waals surface area contributed by atoms with E-state index in [1.54, 1.807) is 20.8 Å². The van der Waals surface area contributed by atoms with Crippen molar-refractivity contribution in [3.8, 4) is 5.75 Å². The molecule has 0 aromatic carbocycles. The molecule has 2 heterocycles. The highest BCUT2D eigenvalue weighted by Gasteiger charge is 2.43. The number of rotatable bonds is 6. The Morgan fingerprint density at radius 3 is 2.35 bits per heavy atom. The molecule has 0 radical (unpaired) electrons. The van der Waals surface area contributed by atoms with Gasteiger partial charge < -0.3 is 9.47 Å². The summed E-state index contributed by atoms with van der Waals surface area (Å²) in [6.07, 6.45) is -2.15. The van der Waals surface area contributed by atoms with Crippen LogP contribution in [0.15, 0.2) is 65.1 Å². The van der Waals surface area contributed by atoms with Crippen molar-refractivity contribution < 1.29 is 44.6 Å². The second kappa shape index (κ2) is 11.8. The fraction of sp³-hybridized carbons (Fsp3) is 0.400. The van der Waals surface area contributed by atoms with Crippen LogP contribution in [0.3, 0.4) is 0 Å². The number of amides is 1. The van der Waals surface area contributed by atoms with E-state index in [2.05, 4.69) is 26.6 Å². The normalized spacial score (nSPS) is 20.5. The summed E-state index contributed by atoms with van der Waals surface area (Å²) in [5, 5.41) is 2.25. The number of aliphatic imine (C=N–C) groups is 1. The second-order valence-electron chi connectivity index (χ2n) is 9.88. The van der Waals surface area contributed by atoms with Gasteiger partial charge in [0.05, 0.1) is 17.6 Å². The van der Waals surface area contributed by atoms with Crippen molar-refractivity contribution in [3.05, 3.63) is 65.8 Å². The molecule has 0 saturated heterocycles. The maximum Gasteiger partial charge on any atom is 0.573 e. The van der Waals surface area contributed by atoms with Crippen LogP contribution in [0.4, 0.5) is 26.7 Å². The topological polar surface area (TPSA) is 110 Å². The van der Waals surface area contributed by atoms with E-state index in [9.17, 15) is 30.8 Å². The molecule has 0 aliphatic carbocycles.